The molecule has 2 aromatic carbocycles. The van der Waals surface area contributed by atoms with Crippen LogP contribution in [0.5, 0.6) is 5.75 Å². The van der Waals surface area contributed by atoms with Crippen LogP contribution in [0.4, 0.5) is 22.0 Å². The molecule has 2 aromatic rings. The van der Waals surface area contributed by atoms with E-state index in [-0.39, 0.29) is 15.1 Å². The molecular formula is C21H16F5I3O7S. The van der Waals surface area contributed by atoms with Crippen LogP contribution in [0.2, 0.25) is 0 Å². The third kappa shape index (κ3) is 7.84. The van der Waals surface area contributed by atoms with Crippen molar-refractivity contribution in [3.05, 3.63) is 57.7 Å². The van der Waals surface area contributed by atoms with Crippen molar-refractivity contribution in [3.8, 4) is 5.75 Å². The molecule has 0 bridgehead atoms. The third-order valence-corrected chi connectivity index (χ3v) is 7.88. The molecule has 0 spiro atoms. The summed E-state index contributed by atoms with van der Waals surface area (Å²) in [6.45, 7) is 3.49. The zero-order valence-corrected chi connectivity index (χ0v) is 25.9. The van der Waals surface area contributed by atoms with Gasteiger partial charge >= 0.3 is 33.5 Å². The average Bonchev–Trinajstić information content (AvgIpc) is 2.75. The second-order valence-electron chi connectivity index (χ2n) is 7.60. The Morgan fingerprint density at radius 3 is 1.97 bits per heavy atom. The minimum absolute atomic E-state index is 0.0310. The number of benzene rings is 2. The van der Waals surface area contributed by atoms with Gasteiger partial charge in [-0.15, -0.1) is 0 Å². The lowest BCUT2D eigenvalue weighted by molar-refractivity contribution is -0.248. The first kappa shape index (κ1) is 32.3. The third-order valence-electron chi connectivity index (χ3n) is 4.93. The Morgan fingerprint density at radius 2 is 1.51 bits per heavy atom. The summed E-state index contributed by atoms with van der Waals surface area (Å²) in [6, 6.07) is 7.11. The Balaban J connectivity index is 2.64. The molecule has 37 heavy (non-hydrogen) atoms. The molecule has 0 aliphatic heterocycles. The topological polar surface area (TPSA) is 107 Å². The van der Waals surface area contributed by atoms with Crippen LogP contribution in [0.15, 0.2) is 30.3 Å². The van der Waals surface area contributed by atoms with Gasteiger partial charge in [-0.3, -0.25) is 4.55 Å². The van der Waals surface area contributed by atoms with E-state index in [0.717, 1.165) is 6.07 Å². The molecule has 0 saturated heterocycles. The zero-order chi connectivity index (χ0) is 28.5. The van der Waals surface area contributed by atoms with E-state index in [2.05, 4.69) is 4.74 Å². The maximum atomic E-state index is 14.0. The molecule has 0 heterocycles. The molecule has 0 radical (unpaired) electrons. The number of halogens is 8. The SMILES string of the molecule is CCC(C)c1cc(I)c(OC(=O)c2cc(I)cc(I)c2)c(C(=O)OC(C(F)(F)F)C(F)(F)S(=O)(=O)O)c1. The second kappa shape index (κ2) is 12.1. The quantitative estimate of drug-likeness (QED) is 0.102. The summed E-state index contributed by atoms with van der Waals surface area (Å²) in [7, 11) is -6.64. The Morgan fingerprint density at radius 1 is 0.973 bits per heavy atom. The molecular weight excluding hydrogens is 872 g/mol. The van der Waals surface area contributed by atoms with Crippen molar-refractivity contribution < 1.29 is 54.0 Å². The van der Waals surface area contributed by atoms with E-state index in [1.807, 2.05) is 45.2 Å². The average molecular weight is 888 g/mol. The Hall–Kier alpha value is -0.870. The molecule has 1 N–H and O–H groups in total. The number of hydrogen-bond acceptors (Lipinski definition) is 6. The van der Waals surface area contributed by atoms with Crippen LogP contribution in [0.25, 0.3) is 0 Å². The van der Waals surface area contributed by atoms with Gasteiger partial charge in [0.05, 0.1) is 9.13 Å². The summed E-state index contributed by atoms with van der Waals surface area (Å²) in [5.74, 6) is -3.89. The molecule has 0 fully saturated rings. The summed E-state index contributed by atoms with van der Waals surface area (Å²) < 4.78 is 109. The second-order valence-corrected chi connectivity index (χ2v) is 12.7. The number of rotatable bonds is 8. The van der Waals surface area contributed by atoms with Crippen LogP contribution in [-0.2, 0) is 14.9 Å². The van der Waals surface area contributed by atoms with Gasteiger partial charge in [-0.05, 0) is 116 Å². The van der Waals surface area contributed by atoms with E-state index < -0.39 is 50.9 Å². The molecule has 2 atom stereocenters. The van der Waals surface area contributed by atoms with Gasteiger partial charge in [-0.25, -0.2) is 9.59 Å². The number of ether oxygens (including phenoxy) is 2. The van der Waals surface area contributed by atoms with Crippen molar-refractivity contribution in [3.63, 3.8) is 0 Å². The first-order valence-electron chi connectivity index (χ1n) is 9.93. The molecule has 0 amide bonds. The maximum absolute atomic E-state index is 14.0. The van der Waals surface area contributed by atoms with Crippen LogP contribution in [-0.4, -0.2) is 42.4 Å². The number of carbonyl (C=O) groups excluding carboxylic acids is 2. The lowest BCUT2D eigenvalue weighted by Crippen LogP contribution is -2.52. The van der Waals surface area contributed by atoms with Crippen LogP contribution < -0.4 is 4.74 Å². The highest BCUT2D eigenvalue weighted by Gasteiger charge is 2.66. The lowest BCUT2D eigenvalue weighted by Gasteiger charge is -2.26. The fraction of sp³-hybridized carbons (Fsp3) is 0.333. The van der Waals surface area contributed by atoms with Crippen molar-refractivity contribution in [1.82, 2.24) is 0 Å². The minimum atomic E-state index is -6.64. The number of esters is 2. The lowest BCUT2D eigenvalue weighted by atomic mass is 9.96. The molecule has 2 unspecified atom stereocenters. The van der Waals surface area contributed by atoms with E-state index >= 15 is 0 Å². The number of alkyl halides is 5. The Kier molecular flexibility index (Phi) is 10.6. The molecule has 0 aliphatic carbocycles. The van der Waals surface area contributed by atoms with Crippen molar-refractivity contribution in [2.24, 2.45) is 0 Å². The van der Waals surface area contributed by atoms with Crippen molar-refractivity contribution in [2.75, 3.05) is 0 Å². The summed E-state index contributed by atoms with van der Waals surface area (Å²) in [5.41, 5.74) is -0.410. The smallest absolute Gasteiger partial charge is 0.432 e. The van der Waals surface area contributed by atoms with Crippen molar-refractivity contribution in [2.45, 2.75) is 43.7 Å². The first-order chi connectivity index (χ1) is 16.8. The van der Waals surface area contributed by atoms with Crippen LogP contribution in [0.1, 0.15) is 52.5 Å². The van der Waals surface area contributed by atoms with E-state index in [0.29, 0.717) is 19.1 Å². The highest BCUT2D eigenvalue weighted by molar-refractivity contribution is 14.1. The fourth-order valence-corrected chi connectivity index (χ4v) is 6.00. The highest BCUT2D eigenvalue weighted by Crippen LogP contribution is 2.40. The molecule has 0 aromatic heterocycles. The molecule has 2 rings (SSSR count). The van der Waals surface area contributed by atoms with Crippen LogP contribution >= 0.6 is 67.8 Å². The van der Waals surface area contributed by atoms with Gasteiger partial charge in [0.15, 0.2) is 5.75 Å². The summed E-state index contributed by atoms with van der Waals surface area (Å²) >= 11 is 5.51. The highest BCUT2D eigenvalue weighted by atomic mass is 127. The van der Waals surface area contributed by atoms with E-state index in [1.165, 1.54) is 18.2 Å². The van der Waals surface area contributed by atoms with Gasteiger partial charge in [0.25, 0.3) is 6.10 Å². The van der Waals surface area contributed by atoms with Gasteiger partial charge in [0.2, 0.25) is 0 Å². The zero-order valence-electron chi connectivity index (χ0n) is 18.6. The van der Waals surface area contributed by atoms with Gasteiger partial charge in [0, 0.05) is 7.14 Å². The molecule has 7 nitrogen and oxygen atoms in total. The monoisotopic (exact) mass is 888 g/mol. The van der Waals surface area contributed by atoms with Crippen molar-refractivity contribution >= 4 is 89.8 Å². The van der Waals surface area contributed by atoms with E-state index in [1.54, 1.807) is 42.5 Å². The van der Waals surface area contributed by atoms with E-state index in [4.69, 9.17) is 9.29 Å². The van der Waals surface area contributed by atoms with Crippen LogP contribution in [0.3, 0.4) is 0 Å². The normalized spacial score (nSPS) is 14.1. The predicted molar refractivity (Wildman–Crippen MR) is 146 cm³/mol. The molecule has 0 aliphatic rings. The Bertz CT molecular complexity index is 1300. The van der Waals surface area contributed by atoms with Gasteiger partial charge in [-0.2, -0.15) is 30.4 Å². The number of carbonyl (C=O) groups is 2. The summed E-state index contributed by atoms with van der Waals surface area (Å²) in [4.78, 5) is 25.6. The molecule has 16 heteroatoms. The molecule has 0 saturated carbocycles. The van der Waals surface area contributed by atoms with Gasteiger partial charge in [0.1, 0.15) is 5.56 Å². The van der Waals surface area contributed by atoms with Crippen LogP contribution in [0, 0.1) is 10.7 Å². The molecule has 204 valence electrons. The standard InChI is InChI=1S/C21H16F5I3O7S/c1-3-9(2)10-6-14(18(31)36-19(20(22,23)24)21(25,26)37(32,33)34)16(15(29)7-10)35-17(30)11-4-12(27)8-13(28)5-11/h4-9,19H,3H2,1-2H3,(H,32,33,34). The van der Waals surface area contributed by atoms with Crippen molar-refractivity contribution in [1.29, 1.82) is 0 Å². The number of hydrogen-bond donors (Lipinski definition) is 1. The maximum Gasteiger partial charge on any atom is 0.432 e. The van der Waals surface area contributed by atoms with E-state index in [9.17, 15) is 40.0 Å². The summed E-state index contributed by atoms with van der Waals surface area (Å²) in [6.07, 6.45) is -10.1. The minimum Gasteiger partial charge on any atom is -0.441 e. The first-order valence-corrected chi connectivity index (χ1v) is 14.6. The summed E-state index contributed by atoms with van der Waals surface area (Å²) in [5, 5.41) is -5.92. The predicted octanol–water partition coefficient (Wildman–Crippen LogP) is 6.80. The van der Waals surface area contributed by atoms with Gasteiger partial charge in [-0.1, -0.05) is 13.8 Å². The largest absolute Gasteiger partial charge is 0.441 e. The van der Waals surface area contributed by atoms with Gasteiger partial charge < -0.3 is 9.47 Å². The fourth-order valence-electron chi connectivity index (χ4n) is 2.85. The Labute approximate surface area is 249 Å².